The SMILES string of the molecule is C=CCNC(=O)c1cc(Br)c(CCC)[nH]c1=O. The first-order valence-corrected chi connectivity index (χ1v) is 6.20. The fraction of sp³-hybridized carbons (Fsp3) is 0.333. The Labute approximate surface area is 108 Å². The van der Waals surface area contributed by atoms with Gasteiger partial charge in [0.2, 0.25) is 0 Å². The van der Waals surface area contributed by atoms with Crippen molar-refractivity contribution in [2.24, 2.45) is 0 Å². The summed E-state index contributed by atoms with van der Waals surface area (Å²) >= 11 is 3.35. The van der Waals surface area contributed by atoms with Gasteiger partial charge in [-0.25, -0.2) is 0 Å². The minimum absolute atomic E-state index is 0.110. The molecule has 0 atom stereocenters. The van der Waals surface area contributed by atoms with E-state index < -0.39 is 5.91 Å². The molecule has 17 heavy (non-hydrogen) atoms. The molecule has 0 saturated carbocycles. The van der Waals surface area contributed by atoms with Crippen LogP contribution in [0.3, 0.4) is 0 Å². The minimum Gasteiger partial charge on any atom is -0.348 e. The predicted molar refractivity (Wildman–Crippen MR) is 71.3 cm³/mol. The minimum atomic E-state index is -0.394. The maximum absolute atomic E-state index is 11.7. The van der Waals surface area contributed by atoms with E-state index in [-0.39, 0.29) is 11.1 Å². The van der Waals surface area contributed by atoms with Gasteiger partial charge in [-0.3, -0.25) is 9.59 Å². The molecule has 0 aliphatic carbocycles. The molecule has 0 unspecified atom stereocenters. The van der Waals surface area contributed by atoms with Crippen molar-refractivity contribution in [3.05, 3.63) is 44.8 Å². The van der Waals surface area contributed by atoms with E-state index in [4.69, 9.17) is 0 Å². The van der Waals surface area contributed by atoms with Crippen molar-refractivity contribution in [2.45, 2.75) is 19.8 Å². The summed E-state index contributed by atoms with van der Waals surface area (Å²) in [5.74, 6) is -0.394. The van der Waals surface area contributed by atoms with E-state index in [1.807, 2.05) is 6.92 Å². The molecule has 2 N–H and O–H groups in total. The lowest BCUT2D eigenvalue weighted by Gasteiger charge is -2.06. The maximum atomic E-state index is 11.7. The van der Waals surface area contributed by atoms with Crippen molar-refractivity contribution in [3.63, 3.8) is 0 Å². The predicted octanol–water partition coefficient (Wildman–Crippen LogP) is 2.01. The normalized spacial score (nSPS) is 10.0. The van der Waals surface area contributed by atoms with Crippen molar-refractivity contribution in [3.8, 4) is 0 Å². The van der Waals surface area contributed by atoms with Crippen LogP contribution in [0.5, 0.6) is 0 Å². The zero-order valence-electron chi connectivity index (χ0n) is 9.68. The number of H-pyrrole nitrogens is 1. The average Bonchev–Trinajstić information content (AvgIpc) is 2.30. The van der Waals surface area contributed by atoms with Gasteiger partial charge in [-0.15, -0.1) is 6.58 Å². The van der Waals surface area contributed by atoms with Crippen LogP contribution >= 0.6 is 15.9 Å². The highest BCUT2D eigenvalue weighted by molar-refractivity contribution is 9.10. The molecular weight excluding hydrogens is 284 g/mol. The average molecular weight is 299 g/mol. The van der Waals surface area contributed by atoms with E-state index in [2.05, 4.69) is 32.8 Å². The quantitative estimate of drug-likeness (QED) is 0.817. The molecule has 92 valence electrons. The van der Waals surface area contributed by atoms with Gasteiger partial charge in [-0.1, -0.05) is 19.4 Å². The smallest absolute Gasteiger partial charge is 0.261 e. The number of carbonyl (C=O) groups excluding carboxylic acids is 1. The Balaban J connectivity index is 3.02. The maximum Gasteiger partial charge on any atom is 0.261 e. The molecule has 0 bridgehead atoms. The number of nitrogens with one attached hydrogen (secondary N) is 2. The van der Waals surface area contributed by atoms with Gasteiger partial charge in [0.25, 0.3) is 11.5 Å². The highest BCUT2D eigenvalue weighted by atomic mass is 79.9. The number of rotatable bonds is 5. The molecule has 0 radical (unpaired) electrons. The number of amides is 1. The second kappa shape index (κ2) is 6.39. The van der Waals surface area contributed by atoms with E-state index in [0.717, 1.165) is 23.0 Å². The Morgan fingerprint density at radius 3 is 2.94 bits per heavy atom. The van der Waals surface area contributed by atoms with Crippen molar-refractivity contribution in [1.29, 1.82) is 0 Å². The number of aryl methyl sites for hydroxylation is 1. The Hall–Kier alpha value is -1.36. The summed E-state index contributed by atoms with van der Waals surface area (Å²) in [4.78, 5) is 26.1. The molecule has 5 heteroatoms. The standard InChI is InChI=1S/C12H15BrN2O2/c1-3-5-10-9(13)7-8(12(17)15-10)11(16)14-6-4-2/h4,7H,2-3,5-6H2,1H3,(H,14,16)(H,15,17). The zero-order chi connectivity index (χ0) is 12.8. The molecule has 1 aromatic rings. The van der Waals surface area contributed by atoms with E-state index in [1.165, 1.54) is 0 Å². The number of aromatic amines is 1. The van der Waals surface area contributed by atoms with Crippen LogP contribution in [0.15, 0.2) is 28.0 Å². The van der Waals surface area contributed by atoms with Crippen molar-refractivity contribution < 1.29 is 4.79 Å². The number of aromatic nitrogens is 1. The first-order valence-electron chi connectivity index (χ1n) is 5.41. The first-order chi connectivity index (χ1) is 8.10. The number of hydrogen-bond acceptors (Lipinski definition) is 2. The second-order valence-corrected chi connectivity index (χ2v) is 4.44. The molecule has 1 aromatic heterocycles. The topological polar surface area (TPSA) is 62.0 Å². The van der Waals surface area contributed by atoms with Crippen LogP contribution in [-0.4, -0.2) is 17.4 Å². The van der Waals surface area contributed by atoms with Crippen molar-refractivity contribution in [1.82, 2.24) is 10.3 Å². The fourth-order valence-electron chi connectivity index (χ4n) is 1.40. The molecule has 4 nitrogen and oxygen atoms in total. The van der Waals surface area contributed by atoms with E-state index >= 15 is 0 Å². The second-order valence-electron chi connectivity index (χ2n) is 3.59. The highest BCUT2D eigenvalue weighted by Crippen LogP contribution is 2.15. The third-order valence-corrected chi connectivity index (χ3v) is 2.93. The Kier molecular flexibility index (Phi) is 5.15. The third-order valence-electron chi connectivity index (χ3n) is 2.22. The molecule has 1 amide bonds. The summed E-state index contributed by atoms with van der Waals surface area (Å²) in [6.45, 7) is 5.86. The Bertz CT molecular complexity index is 480. The number of halogens is 1. The molecule has 0 spiro atoms. The monoisotopic (exact) mass is 298 g/mol. The van der Waals surface area contributed by atoms with Gasteiger partial charge in [0, 0.05) is 16.7 Å². The summed E-state index contributed by atoms with van der Waals surface area (Å²) in [6.07, 6.45) is 3.26. The highest BCUT2D eigenvalue weighted by Gasteiger charge is 2.12. The summed E-state index contributed by atoms with van der Waals surface area (Å²) in [5, 5.41) is 2.57. The van der Waals surface area contributed by atoms with E-state index in [1.54, 1.807) is 12.1 Å². The molecule has 0 aliphatic heterocycles. The van der Waals surface area contributed by atoms with Gasteiger partial charge in [-0.2, -0.15) is 0 Å². The third kappa shape index (κ3) is 3.56. The fourth-order valence-corrected chi connectivity index (χ4v) is 1.93. The van der Waals surface area contributed by atoms with Crippen molar-refractivity contribution in [2.75, 3.05) is 6.54 Å². The van der Waals surface area contributed by atoms with Crippen LogP contribution in [0.1, 0.15) is 29.4 Å². The van der Waals surface area contributed by atoms with Crippen LogP contribution in [0.25, 0.3) is 0 Å². The van der Waals surface area contributed by atoms with Crippen LogP contribution in [0, 0.1) is 0 Å². The molecule has 0 saturated heterocycles. The van der Waals surface area contributed by atoms with Crippen LogP contribution in [0.4, 0.5) is 0 Å². The Morgan fingerprint density at radius 2 is 2.35 bits per heavy atom. The molecule has 0 aromatic carbocycles. The van der Waals surface area contributed by atoms with Crippen LogP contribution in [0.2, 0.25) is 0 Å². The van der Waals surface area contributed by atoms with Gasteiger partial charge in [0.1, 0.15) is 5.56 Å². The summed E-state index contributed by atoms with van der Waals surface area (Å²) in [6, 6.07) is 1.56. The molecule has 1 rings (SSSR count). The molecule has 0 aliphatic rings. The van der Waals surface area contributed by atoms with Gasteiger partial charge in [0.15, 0.2) is 0 Å². The summed E-state index contributed by atoms with van der Waals surface area (Å²) < 4.78 is 0.753. The summed E-state index contributed by atoms with van der Waals surface area (Å²) in [5.41, 5.74) is 0.564. The number of hydrogen-bond donors (Lipinski definition) is 2. The summed E-state index contributed by atoms with van der Waals surface area (Å²) in [7, 11) is 0. The number of carbonyl (C=O) groups is 1. The molecule has 1 heterocycles. The van der Waals surface area contributed by atoms with Crippen molar-refractivity contribution >= 4 is 21.8 Å². The lowest BCUT2D eigenvalue weighted by molar-refractivity contribution is 0.0956. The lowest BCUT2D eigenvalue weighted by atomic mass is 10.2. The largest absolute Gasteiger partial charge is 0.348 e. The van der Waals surface area contributed by atoms with E-state index in [9.17, 15) is 9.59 Å². The van der Waals surface area contributed by atoms with Gasteiger partial charge < -0.3 is 10.3 Å². The van der Waals surface area contributed by atoms with Crippen LogP contribution in [-0.2, 0) is 6.42 Å². The molecule has 0 fully saturated rings. The Morgan fingerprint density at radius 1 is 1.65 bits per heavy atom. The number of pyridine rings is 1. The lowest BCUT2D eigenvalue weighted by Crippen LogP contribution is -2.30. The van der Waals surface area contributed by atoms with Gasteiger partial charge in [0.05, 0.1) is 0 Å². The first kappa shape index (κ1) is 13.7. The van der Waals surface area contributed by atoms with Crippen LogP contribution < -0.4 is 10.9 Å². The molecular formula is C12H15BrN2O2. The van der Waals surface area contributed by atoms with Gasteiger partial charge >= 0.3 is 0 Å². The van der Waals surface area contributed by atoms with E-state index in [0.29, 0.717) is 6.54 Å². The zero-order valence-corrected chi connectivity index (χ0v) is 11.3. The van der Waals surface area contributed by atoms with Gasteiger partial charge in [-0.05, 0) is 28.4 Å².